The molecule has 1 heterocycles. The first kappa shape index (κ1) is 32.7. The summed E-state index contributed by atoms with van der Waals surface area (Å²) < 4.78 is 23.4. The summed E-state index contributed by atoms with van der Waals surface area (Å²) in [6, 6.07) is 21.7. The highest BCUT2D eigenvalue weighted by molar-refractivity contribution is 6.43. The van der Waals surface area contributed by atoms with Crippen LogP contribution in [0.3, 0.4) is 0 Å². The van der Waals surface area contributed by atoms with Gasteiger partial charge >= 0.3 is 6.03 Å². The maximum atomic E-state index is 13.3. The van der Waals surface area contributed by atoms with Crippen molar-refractivity contribution in [1.29, 1.82) is 0 Å². The fourth-order valence-electron chi connectivity index (χ4n) is 4.57. The maximum absolute atomic E-state index is 13.3. The van der Waals surface area contributed by atoms with E-state index in [9.17, 15) is 14.4 Å². The third-order valence-corrected chi connectivity index (χ3v) is 7.77. The van der Waals surface area contributed by atoms with Crippen LogP contribution in [-0.2, 0) is 22.8 Å². The number of anilines is 1. The van der Waals surface area contributed by atoms with Gasteiger partial charge in [0.1, 0.15) is 18.8 Å². The van der Waals surface area contributed by atoms with Gasteiger partial charge in [-0.2, -0.15) is 0 Å². The lowest BCUT2D eigenvalue weighted by Crippen LogP contribution is -2.54. The molecule has 46 heavy (non-hydrogen) atoms. The molecule has 4 amide bonds. The summed E-state index contributed by atoms with van der Waals surface area (Å²) in [7, 11) is 1.44. The Morgan fingerprint density at radius 1 is 0.739 bits per heavy atom. The van der Waals surface area contributed by atoms with E-state index in [-0.39, 0.29) is 44.4 Å². The monoisotopic (exact) mass is 680 g/mol. The lowest BCUT2D eigenvalue weighted by atomic mass is 10.1. The molecule has 0 bridgehead atoms. The Kier molecular flexibility index (Phi) is 10.4. The molecule has 1 aliphatic rings. The molecule has 0 saturated carbocycles. The molecule has 0 radical (unpaired) electrons. The van der Waals surface area contributed by atoms with Gasteiger partial charge in [0.05, 0.1) is 34.5 Å². The van der Waals surface area contributed by atoms with Gasteiger partial charge in [-0.1, -0.05) is 71.2 Å². The van der Waals surface area contributed by atoms with Crippen LogP contribution in [0.4, 0.5) is 10.5 Å². The molecular formula is C34H27Cl3N2O7. The highest BCUT2D eigenvalue weighted by atomic mass is 35.5. The summed E-state index contributed by atoms with van der Waals surface area (Å²) in [5.74, 6) is -0.0487. The number of methoxy groups -OCH3 is 1. The minimum Gasteiger partial charge on any atom is -0.493 e. The summed E-state index contributed by atoms with van der Waals surface area (Å²) in [5, 5.41) is 2.71. The van der Waals surface area contributed by atoms with Crippen molar-refractivity contribution in [2.75, 3.05) is 18.6 Å². The van der Waals surface area contributed by atoms with Gasteiger partial charge in [-0.15, -0.1) is 0 Å². The van der Waals surface area contributed by atoms with Crippen LogP contribution in [-0.4, -0.2) is 31.6 Å². The summed E-state index contributed by atoms with van der Waals surface area (Å²) in [6.07, 6.45) is 1.30. The zero-order valence-electron chi connectivity index (χ0n) is 24.6. The predicted octanol–water partition coefficient (Wildman–Crippen LogP) is 7.88. The number of hydrogen-bond acceptors (Lipinski definition) is 7. The topological polar surface area (TPSA) is 103 Å². The van der Waals surface area contributed by atoms with E-state index in [0.29, 0.717) is 30.3 Å². The van der Waals surface area contributed by atoms with E-state index in [4.69, 9.17) is 53.8 Å². The fraction of sp³-hybridized carbons (Fsp3) is 0.147. The Balaban J connectivity index is 1.35. The van der Waals surface area contributed by atoms with E-state index in [0.717, 1.165) is 16.0 Å². The lowest BCUT2D eigenvalue weighted by Gasteiger charge is -2.26. The number of carbonyl (C=O) groups is 3. The van der Waals surface area contributed by atoms with Gasteiger partial charge in [0.2, 0.25) is 0 Å². The largest absolute Gasteiger partial charge is 0.493 e. The Bertz CT molecular complexity index is 1830. The summed E-state index contributed by atoms with van der Waals surface area (Å²) in [6.45, 7) is 2.85. The van der Waals surface area contributed by atoms with E-state index in [1.165, 1.54) is 37.5 Å². The number of rotatable bonds is 11. The fourth-order valence-corrected chi connectivity index (χ4v) is 5.13. The van der Waals surface area contributed by atoms with Crippen LogP contribution in [0.2, 0.25) is 15.1 Å². The first-order valence-electron chi connectivity index (χ1n) is 14.0. The molecule has 9 nitrogen and oxygen atoms in total. The number of urea groups is 1. The van der Waals surface area contributed by atoms with E-state index < -0.39 is 17.8 Å². The van der Waals surface area contributed by atoms with Gasteiger partial charge in [0.25, 0.3) is 11.8 Å². The number of imide groups is 2. The molecule has 12 heteroatoms. The number of hydrogen-bond donors (Lipinski definition) is 1. The normalized spacial score (nSPS) is 13.9. The predicted molar refractivity (Wildman–Crippen MR) is 176 cm³/mol. The molecule has 0 aliphatic carbocycles. The molecule has 236 valence electrons. The molecule has 1 fully saturated rings. The van der Waals surface area contributed by atoms with Crippen molar-refractivity contribution in [1.82, 2.24) is 5.32 Å². The van der Waals surface area contributed by atoms with Gasteiger partial charge in [-0.3, -0.25) is 14.9 Å². The molecule has 0 aromatic heterocycles. The summed E-state index contributed by atoms with van der Waals surface area (Å²) in [4.78, 5) is 39.4. The van der Waals surface area contributed by atoms with E-state index in [2.05, 4.69) is 5.32 Å². The van der Waals surface area contributed by atoms with Crippen LogP contribution in [0.5, 0.6) is 23.0 Å². The number of ether oxygens (including phenoxy) is 4. The molecule has 1 aliphatic heterocycles. The van der Waals surface area contributed by atoms with Gasteiger partial charge in [0.15, 0.2) is 23.0 Å². The summed E-state index contributed by atoms with van der Waals surface area (Å²) in [5.41, 5.74) is 2.00. The van der Waals surface area contributed by atoms with Gasteiger partial charge < -0.3 is 18.9 Å². The molecular weight excluding hydrogens is 655 g/mol. The Morgan fingerprint density at radius 2 is 1.50 bits per heavy atom. The number of halogens is 3. The number of nitrogens with zero attached hydrogens (tertiary/aromatic N) is 1. The van der Waals surface area contributed by atoms with Crippen LogP contribution < -0.4 is 29.2 Å². The van der Waals surface area contributed by atoms with Crippen molar-refractivity contribution in [3.63, 3.8) is 0 Å². The first-order valence-corrected chi connectivity index (χ1v) is 15.1. The number of nitrogens with one attached hydrogen (secondary N) is 1. The molecule has 4 aromatic rings. The Labute approximate surface area is 280 Å². The Morgan fingerprint density at radius 3 is 2.22 bits per heavy atom. The average molecular weight is 682 g/mol. The molecule has 4 aromatic carbocycles. The van der Waals surface area contributed by atoms with E-state index in [1.54, 1.807) is 6.07 Å². The van der Waals surface area contributed by atoms with E-state index in [1.807, 2.05) is 55.5 Å². The molecule has 1 N–H and O–H groups in total. The van der Waals surface area contributed by atoms with E-state index >= 15 is 0 Å². The number of benzene rings is 4. The number of amides is 4. The smallest absolute Gasteiger partial charge is 0.335 e. The molecule has 0 atom stereocenters. The van der Waals surface area contributed by atoms with Gasteiger partial charge in [-0.25, -0.2) is 9.69 Å². The zero-order valence-corrected chi connectivity index (χ0v) is 26.9. The van der Waals surface area contributed by atoms with Crippen molar-refractivity contribution >= 4 is 64.4 Å². The van der Waals surface area contributed by atoms with Crippen molar-refractivity contribution in [2.24, 2.45) is 0 Å². The third-order valence-electron chi connectivity index (χ3n) is 6.75. The van der Waals surface area contributed by atoms with Crippen LogP contribution in [0, 0.1) is 0 Å². The van der Waals surface area contributed by atoms with Crippen molar-refractivity contribution < 1.29 is 33.3 Å². The zero-order chi connectivity index (χ0) is 32.8. The minimum atomic E-state index is -0.923. The molecule has 1 saturated heterocycles. The summed E-state index contributed by atoms with van der Waals surface area (Å²) >= 11 is 18.7. The van der Waals surface area contributed by atoms with Crippen molar-refractivity contribution in [3.8, 4) is 23.0 Å². The molecule has 0 spiro atoms. The number of carbonyl (C=O) groups excluding carboxylic acids is 3. The molecule has 5 rings (SSSR count). The van der Waals surface area contributed by atoms with Crippen LogP contribution in [0.1, 0.15) is 23.6 Å². The third kappa shape index (κ3) is 7.39. The quantitative estimate of drug-likeness (QED) is 0.127. The first-order chi connectivity index (χ1) is 22.2. The van der Waals surface area contributed by atoms with Crippen LogP contribution >= 0.6 is 34.8 Å². The highest BCUT2D eigenvalue weighted by Gasteiger charge is 2.37. The van der Waals surface area contributed by atoms with Crippen LogP contribution in [0.15, 0.2) is 84.4 Å². The number of barbiturate groups is 1. The van der Waals surface area contributed by atoms with Crippen LogP contribution in [0.25, 0.3) is 6.08 Å². The molecule has 0 unspecified atom stereocenters. The second kappa shape index (κ2) is 14.6. The standard InChI is InChI=1S/C34H27Cl3N2O7/c1-3-44-29-15-21(9-12-28(29)45-18-20-7-5-4-6-8-20)19-46-31-27(37)14-22(16-30(31)43-2)13-24-32(40)38-34(42)39(33(24)41)23-10-11-25(35)26(36)17-23/h4-17H,3,18-19H2,1-2H3,(H,38,40,42)/b24-13-. The Hall–Kier alpha value is -4.70. The SMILES string of the molecule is CCOc1cc(COc2c(Cl)cc(/C=C3/C(=O)NC(=O)N(c4ccc(Cl)c(Cl)c4)C3=O)cc2OC)ccc1OCc1ccccc1. The van der Waals surface area contributed by atoms with Gasteiger partial charge in [-0.05, 0) is 72.2 Å². The van der Waals surface area contributed by atoms with Gasteiger partial charge in [0, 0.05) is 0 Å². The maximum Gasteiger partial charge on any atom is 0.335 e. The highest BCUT2D eigenvalue weighted by Crippen LogP contribution is 2.39. The minimum absolute atomic E-state index is 0.122. The van der Waals surface area contributed by atoms with Crippen molar-refractivity contribution in [2.45, 2.75) is 20.1 Å². The lowest BCUT2D eigenvalue weighted by molar-refractivity contribution is -0.122. The average Bonchev–Trinajstić information content (AvgIpc) is 3.04. The second-order valence-corrected chi connectivity index (χ2v) is 11.1. The second-order valence-electron chi connectivity index (χ2n) is 9.87. The van der Waals surface area contributed by atoms with Crippen molar-refractivity contribution in [3.05, 3.63) is 116 Å².